The number of aromatic nitrogens is 2. The molecule has 0 unspecified atom stereocenters. The van der Waals surface area contributed by atoms with Gasteiger partial charge in [0.15, 0.2) is 5.69 Å². The van der Waals surface area contributed by atoms with Crippen molar-refractivity contribution in [2.75, 3.05) is 17.3 Å². The number of halogens is 1. The smallest absolute Gasteiger partial charge is 0.294 e. The molecule has 0 saturated heterocycles. The number of para-hydroxylation sites is 2. The summed E-state index contributed by atoms with van der Waals surface area (Å²) in [4.78, 5) is 31.9. The van der Waals surface area contributed by atoms with Crippen LogP contribution >= 0.6 is 0 Å². The van der Waals surface area contributed by atoms with Gasteiger partial charge in [-0.15, -0.1) is 0 Å². The molecule has 1 aliphatic rings. The minimum atomic E-state index is -0.519. The van der Waals surface area contributed by atoms with E-state index in [0.29, 0.717) is 13.0 Å². The van der Waals surface area contributed by atoms with Crippen LogP contribution in [0.15, 0.2) is 54.6 Å². The number of carbonyl (C=O) groups excluding carboxylic acids is 2. The summed E-state index contributed by atoms with van der Waals surface area (Å²) >= 11 is 0. The van der Waals surface area contributed by atoms with E-state index in [1.165, 1.54) is 17.0 Å². The lowest BCUT2D eigenvalue weighted by molar-refractivity contribution is 0.0978. The van der Waals surface area contributed by atoms with Crippen molar-refractivity contribution in [1.82, 2.24) is 9.55 Å². The molecule has 7 heteroatoms. The van der Waals surface area contributed by atoms with Crippen molar-refractivity contribution >= 4 is 23.2 Å². The Kier molecular flexibility index (Phi) is 5.12. The lowest BCUT2D eigenvalue weighted by Gasteiger charge is -2.20. The second-order valence-corrected chi connectivity index (χ2v) is 6.97. The van der Waals surface area contributed by atoms with Crippen molar-refractivity contribution in [1.29, 1.82) is 0 Å². The number of hydrogen-bond acceptors (Lipinski definition) is 3. The molecule has 0 aliphatic carbocycles. The summed E-state index contributed by atoms with van der Waals surface area (Å²) in [6.07, 6.45) is 2.47. The van der Waals surface area contributed by atoms with Crippen LogP contribution in [0.1, 0.15) is 39.6 Å². The van der Waals surface area contributed by atoms with Crippen molar-refractivity contribution < 1.29 is 14.0 Å². The van der Waals surface area contributed by atoms with E-state index in [1.54, 1.807) is 19.2 Å². The molecule has 0 atom stereocenters. The maximum absolute atomic E-state index is 13.9. The maximum atomic E-state index is 13.9. The van der Waals surface area contributed by atoms with Gasteiger partial charge in [-0.3, -0.25) is 9.59 Å². The number of amides is 2. The van der Waals surface area contributed by atoms with E-state index < -0.39 is 11.7 Å². The van der Waals surface area contributed by atoms with Crippen LogP contribution in [-0.4, -0.2) is 28.4 Å². The van der Waals surface area contributed by atoms with E-state index in [4.69, 9.17) is 0 Å². The summed E-state index contributed by atoms with van der Waals surface area (Å²) in [6, 6.07) is 15.2. The van der Waals surface area contributed by atoms with E-state index in [1.807, 2.05) is 34.9 Å². The van der Waals surface area contributed by atoms with Gasteiger partial charge in [-0.05, 0) is 43.5 Å². The highest BCUT2D eigenvalue weighted by atomic mass is 19.1. The van der Waals surface area contributed by atoms with Crippen LogP contribution in [-0.2, 0) is 13.0 Å². The van der Waals surface area contributed by atoms with Crippen LogP contribution < -0.4 is 10.2 Å². The Hall–Kier alpha value is -3.48. The quantitative estimate of drug-likeness (QED) is 0.733. The fourth-order valence-electron chi connectivity index (χ4n) is 3.55. The number of rotatable bonds is 4. The monoisotopic (exact) mass is 392 g/mol. The van der Waals surface area contributed by atoms with Crippen molar-refractivity contribution in [3.8, 4) is 0 Å². The van der Waals surface area contributed by atoms with E-state index >= 15 is 0 Å². The predicted molar refractivity (Wildman–Crippen MR) is 109 cm³/mol. The zero-order chi connectivity index (χ0) is 20.4. The third kappa shape index (κ3) is 3.63. The van der Waals surface area contributed by atoms with Gasteiger partial charge in [-0.2, -0.15) is 0 Å². The number of nitrogens with one attached hydrogen (secondary N) is 1. The summed E-state index contributed by atoms with van der Waals surface area (Å²) in [6.45, 7) is 0.624. The molecule has 1 aliphatic heterocycles. The van der Waals surface area contributed by atoms with Crippen molar-refractivity contribution in [3.05, 3.63) is 77.6 Å². The Morgan fingerprint density at radius 1 is 1.07 bits per heavy atom. The lowest BCUT2D eigenvalue weighted by Crippen LogP contribution is -2.30. The lowest BCUT2D eigenvalue weighted by atomic mass is 10.1. The number of benzene rings is 2. The van der Waals surface area contributed by atoms with Gasteiger partial charge in [-0.25, -0.2) is 9.37 Å². The fraction of sp³-hybridized carbons (Fsp3) is 0.227. The second kappa shape index (κ2) is 7.87. The van der Waals surface area contributed by atoms with Crippen molar-refractivity contribution in [3.63, 3.8) is 0 Å². The minimum Gasteiger partial charge on any atom is -0.323 e. The zero-order valence-electron chi connectivity index (χ0n) is 16.1. The summed E-state index contributed by atoms with van der Waals surface area (Å²) < 4.78 is 15.8. The van der Waals surface area contributed by atoms with Crippen LogP contribution in [0.4, 0.5) is 15.8 Å². The van der Waals surface area contributed by atoms with Crippen molar-refractivity contribution in [2.45, 2.75) is 25.8 Å². The molecule has 1 aromatic heterocycles. The highest BCUT2D eigenvalue weighted by Gasteiger charge is 2.29. The molecule has 2 amide bonds. The first-order chi connectivity index (χ1) is 14.1. The van der Waals surface area contributed by atoms with Gasteiger partial charge in [0.25, 0.3) is 11.8 Å². The molecule has 0 bridgehead atoms. The topological polar surface area (TPSA) is 67.2 Å². The van der Waals surface area contributed by atoms with E-state index in [9.17, 15) is 14.0 Å². The first-order valence-electron chi connectivity index (χ1n) is 9.54. The Morgan fingerprint density at radius 3 is 2.55 bits per heavy atom. The Labute approximate surface area is 168 Å². The highest BCUT2D eigenvalue weighted by Crippen LogP contribution is 2.24. The number of hydrogen-bond donors (Lipinski definition) is 1. The summed E-state index contributed by atoms with van der Waals surface area (Å²) in [5.74, 6) is -1.09. The van der Waals surface area contributed by atoms with Crippen molar-refractivity contribution in [2.24, 2.45) is 0 Å². The number of carbonyl (C=O) groups is 2. The molecule has 2 aromatic carbocycles. The number of fused-ring (bicyclic) bond motifs is 1. The third-order valence-corrected chi connectivity index (χ3v) is 5.09. The van der Waals surface area contributed by atoms with Crippen LogP contribution in [0, 0.1) is 5.82 Å². The number of imidazole rings is 1. The summed E-state index contributed by atoms with van der Waals surface area (Å²) in [5.41, 5.74) is 1.72. The molecule has 148 valence electrons. The molecular weight excluding hydrogens is 371 g/mol. The Morgan fingerprint density at radius 2 is 1.79 bits per heavy atom. The highest BCUT2D eigenvalue weighted by molar-refractivity contribution is 6.07. The second-order valence-electron chi connectivity index (χ2n) is 6.97. The minimum absolute atomic E-state index is 0.0874. The van der Waals surface area contributed by atoms with Crippen LogP contribution in [0.5, 0.6) is 0 Å². The van der Waals surface area contributed by atoms with E-state index in [-0.39, 0.29) is 23.1 Å². The first kappa shape index (κ1) is 18.9. The molecule has 0 saturated carbocycles. The molecule has 29 heavy (non-hydrogen) atoms. The van der Waals surface area contributed by atoms with Gasteiger partial charge in [0.1, 0.15) is 5.82 Å². The van der Waals surface area contributed by atoms with Gasteiger partial charge in [0.05, 0.1) is 11.4 Å². The van der Waals surface area contributed by atoms with Gasteiger partial charge >= 0.3 is 0 Å². The fourth-order valence-corrected chi connectivity index (χ4v) is 3.55. The van der Waals surface area contributed by atoms with Gasteiger partial charge in [-0.1, -0.05) is 30.3 Å². The first-order valence-corrected chi connectivity index (χ1v) is 9.54. The predicted octanol–water partition coefficient (Wildman–Crippen LogP) is 3.89. The molecule has 0 radical (unpaired) electrons. The van der Waals surface area contributed by atoms with Gasteiger partial charge in [0, 0.05) is 19.3 Å². The number of anilines is 2. The molecule has 0 fully saturated rings. The van der Waals surface area contributed by atoms with Crippen LogP contribution in [0.3, 0.4) is 0 Å². The van der Waals surface area contributed by atoms with Crippen LogP contribution in [0.25, 0.3) is 0 Å². The average molecular weight is 392 g/mol. The molecular formula is C22H21FN4O2. The molecule has 6 nitrogen and oxygen atoms in total. The normalized spacial score (nSPS) is 12.9. The summed E-state index contributed by atoms with van der Waals surface area (Å²) in [7, 11) is 1.68. The maximum Gasteiger partial charge on any atom is 0.294 e. The molecule has 2 heterocycles. The summed E-state index contributed by atoms with van der Waals surface area (Å²) in [5, 5.41) is 2.58. The Bertz CT molecular complexity index is 1060. The SMILES string of the molecule is CN(C(=O)c1nc(C(=O)Nc2ccccc2F)c2n1CCCC2)c1ccccc1. The van der Waals surface area contributed by atoms with Gasteiger partial charge < -0.3 is 14.8 Å². The largest absolute Gasteiger partial charge is 0.323 e. The standard InChI is InChI=1S/C22H21FN4O2/c1-26(15-9-3-2-4-10-15)22(29)20-25-19(18-13-7-8-14-27(18)20)21(28)24-17-12-6-5-11-16(17)23/h2-6,9-12H,7-8,13-14H2,1H3,(H,24,28). The third-order valence-electron chi connectivity index (χ3n) is 5.09. The zero-order valence-corrected chi connectivity index (χ0v) is 16.1. The molecule has 4 rings (SSSR count). The van der Waals surface area contributed by atoms with E-state index in [2.05, 4.69) is 10.3 Å². The average Bonchev–Trinajstić information content (AvgIpc) is 3.15. The van der Waals surface area contributed by atoms with Crippen LogP contribution in [0.2, 0.25) is 0 Å². The Balaban J connectivity index is 1.68. The molecule has 3 aromatic rings. The van der Waals surface area contributed by atoms with E-state index in [0.717, 1.165) is 24.2 Å². The van der Waals surface area contributed by atoms with Gasteiger partial charge in [0.2, 0.25) is 5.82 Å². The molecule has 0 spiro atoms. The number of nitrogens with zero attached hydrogens (tertiary/aromatic N) is 3. The molecule has 1 N–H and O–H groups in total.